The predicted octanol–water partition coefficient (Wildman–Crippen LogP) is 5.53. The summed E-state index contributed by atoms with van der Waals surface area (Å²) in [5.41, 5.74) is 1.03. The van der Waals surface area contributed by atoms with Gasteiger partial charge in [0, 0.05) is 12.6 Å². The van der Waals surface area contributed by atoms with Gasteiger partial charge in [-0.25, -0.2) is 8.78 Å². The van der Waals surface area contributed by atoms with Gasteiger partial charge < -0.3 is 14.5 Å². The minimum absolute atomic E-state index is 0.141. The Bertz CT molecular complexity index is 1150. The lowest BCUT2D eigenvalue weighted by molar-refractivity contribution is 0.0964. The summed E-state index contributed by atoms with van der Waals surface area (Å²) < 4.78 is 38.8. The highest BCUT2D eigenvalue weighted by atomic mass is 19.1. The Balaban J connectivity index is 1.73. The lowest BCUT2D eigenvalue weighted by Gasteiger charge is -2.07. The lowest BCUT2D eigenvalue weighted by atomic mass is 10.0. The number of amides is 1. The van der Waals surface area contributed by atoms with Crippen molar-refractivity contribution in [1.82, 2.24) is 5.32 Å². The fourth-order valence-electron chi connectivity index (χ4n) is 2.96. The number of halogens is 2. The van der Waals surface area contributed by atoms with E-state index in [-0.39, 0.29) is 22.5 Å². The maximum absolute atomic E-state index is 14.3. The Morgan fingerprint density at radius 1 is 0.929 bits per heavy atom. The number of fused-ring (bicyclic) bond motifs is 1. The number of nitrogens with one attached hydrogen (secondary N) is 1. The average molecular weight is 379 g/mol. The van der Waals surface area contributed by atoms with E-state index in [0.29, 0.717) is 22.6 Å². The second-order valence-electron chi connectivity index (χ2n) is 6.08. The highest BCUT2D eigenvalue weighted by Crippen LogP contribution is 2.36. The van der Waals surface area contributed by atoms with Crippen LogP contribution in [0.25, 0.3) is 22.3 Å². The van der Waals surface area contributed by atoms with Gasteiger partial charge in [-0.05, 0) is 60.7 Å². The number of benzene rings is 3. The fourth-order valence-corrected chi connectivity index (χ4v) is 2.96. The summed E-state index contributed by atoms with van der Waals surface area (Å²) in [5.74, 6) is -0.0210. The molecule has 0 unspecified atom stereocenters. The van der Waals surface area contributed by atoms with E-state index in [0.717, 1.165) is 0 Å². The number of carbonyl (C=O) groups excluding carboxylic acids is 1. The third-order valence-electron chi connectivity index (χ3n) is 4.28. The molecular formula is C22H15F2NO3. The molecule has 0 saturated heterocycles. The first-order chi connectivity index (χ1) is 13.6. The first-order valence-corrected chi connectivity index (χ1v) is 8.54. The summed E-state index contributed by atoms with van der Waals surface area (Å²) in [6.45, 7) is 0. The van der Waals surface area contributed by atoms with E-state index in [4.69, 9.17) is 9.15 Å². The Labute approximate surface area is 159 Å². The van der Waals surface area contributed by atoms with Crippen molar-refractivity contribution < 1.29 is 22.7 Å². The van der Waals surface area contributed by atoms with Crippen molar-refractivity contribution in [3.05, 3.63) is 83.9 Å². The van der Waals surface area contributed by atoms with Crippen molar-refractivity contribution in [3.63, 3.8) is 0 Å². The zero-order valence-electron chi connectivity index (χ0n) is 14.8. The Kier molecular flexibility index (Phi) is 4.53. The van der Waals surface area contributed by atoms with Gasteiger partial charge in [0.05, 0.1) is 10.9 Å². The zero-order valence-corrected chi connectivity index (χ0v) is 14.8. The molecule has 140 valence electrons. The van der Waals surface area contributed by atoms with Crippen molar-refractivity contribution in [1.29, 1.82) is 0 Å². The molecule has 0 aliphatic rings. The molecule has 1 amide bonds. The van der Waals surface area contributed by atoms with Crippen LogP contribution in [0.3, 0.4) is 0 Å². The van der Waals surface area contributed by atoms with Crippen molar-refractivity contribution >= 4 is 16.9 Å². The molecule has 1 N–H and O–H groups in total. The van der Waals surface area contributed by atoms with Crippen LogP contribution in [0.5, 0.6) is 11.5 Å². The second kappa shape index (κ2) is 7.15. The molecule has 4 aromatic rings. The number of hydrogen-bond acceptors (Lipinski definition) is 3. The maximum atomic E-state index is 14.3. The third kappa shape index (κ3) is 3.20. The first kappa shape index (κ1) is 17.7. The summed E-state index contributed by atoms with van der Waals surface area (Å²) >= 11 is 0. The van der Waals surface area contributed by atoms with Gasteiger partial charge in [0.25, 0.3) is 5.91 Å². The smallest absolute Gasteiger partial charge is 0.255 e. The van der Waals surface area contributed by atoms with E-state index >= 15 is 0 Å². The van der Waals surface area contributed by atoms with Crippen LogP contribution in [0.4, 0.5) is 8.78 Å². The highest BCUT2D eigenvalue weighted by molar-refractivity contribution is 6.11. The molecule has 0 spiro atoms. The molecular weight excluding hydrogens is 364 g/mol. The summed E-state index contributed by atoms with van der Waals surface area (Å²) in [7, 11) is 1.48. The van der Waals surface area contributed by atoms with Crippen LogP contribution in [0.15, 0.2) is 71.1 Å². The van der Waals surface area contributed by atoms with Crippen molar-refractivity contribution in [2.75, 3.05) is 7.05 Å². The van der Waals surface area contributed by atoms with Gasteiger partial charge in [-0.1, -0.05) is 6.07 Å². The number of ether oxygens (including phenoxy) is 1. The molecule has 4 rings (SSSR count). The topological polar surface area (TPSA) is 51.5 Å². The molecule has 0 saturated carbocycles. The van der Waals surface area contributed by atoms with Crippen LogP contribution in [-0.4, -0.2) is 13.0 Å². The minimum atomic E-state index is -0.526. The maximum Gasteiger partial charge on any atom is 0.255 e. The van der Waals surface area contributed by atoms with Crippen LogP contribution in [-0.2, 0) is 0 Å². The third-order valence-corrected chi connectivity index (χ3v) is 4.28. The monoisotopic (exact) mass is 379 g/mol. The highest BCUT2D eigenvalue weighted by Gasteiger charge is 2.23. The largest absolute Gasteiger partial charge is 0.457 e. The number of furan rings is 1. The van der Waals surface area contributed by atoms with E-state index < -0.39 is 11.7 Å². The molecule has 28 heavy (non-hydrogen) atoms. The molecule has 1 heterocycles. The lowest BCUT2D eigenvalue weighted by Crippen LogP contribution is -2.18. The van der Waals surface area contributed by atoms with E-state index in [1.165, 1.54) is 43.4 Å². The van der Waals surface area contributed by atoms with Crippen molar-refractivity contribution in [2.45, 2.75) is 0 Å². The molecule has 3 aromatic carbocycles. The van der Waals surface area contributed by atoms with E-state index in [1.807, 2.05) is 0 Å². The standard InChI is InChI=1S/C22H15F2NO3/c1-25-22(26)20-19-17(24)3-2-4-18(19)28-21(20)13-5-9-15(10-6-13)27-16-11-7-14(23)8-12-16/h2-12H,1H3,(H,25,26). The van der Waals surface area contributed by atoms with Crippen molar-refractivity contribution in [2.24, 2.45) is 0 Å². The van der Waals surface area contributed by atoms with Gasteiger partial charge in [0.1, 0.15) is 34.5 Å². The van der Waals surface area contributed by atoms with Gasteiger partial charge in [-0.3, -0.25) is 4.79 Å². The van der Waals surface area contributed by atoms with Gasteiger partial charge >= 0.3 is 0 Å². The molecule has 0 aliphatic heterocycles. The van der Waals surface area contributed by atoms with Crippen LogP contribution in [0, 0.1) is 11.6 Å². The van der Waals surface area contributed by atoms with Crippen LogP contribution in [0.2, 0.25) is 0 Å². The van der Waals surface area contributed by atoms with Gasteiger partial charge in [-0.2, -0.15) is 0 Å². The van der Waals surface area contributed by atoms with Gasteiger partial charge in [-0.15, -0.1) is 0 Å². The number of rotatable bonds is 4. The van der Waals surface area contributed by atoms with Gasteiger partial charge in [0.2, 0.25) is 0 Å². The van der Waals surface area contributed by atoms with E-state index in [1.54, 1.807) is 30.3 Å². The summed E-state index contributed by atoms with van der Waals surface area (Å²) in [6.07, 6.45) is 0. The van der Waals surface area contributed by atoms with Crippen molar-refractivity contribution in [3.8, 4) is 22.8 Å². The minimum Gasteiger partial charge on any atom is -0.457 e. The predicted molar refractivity (Wildman–Crippen MR) is 101 cm³/mol. The molecule has 0 aliphatic carbocycles. The van der Waals surface area contributed by atoms with Crippen LogP contribution >= 0.6 is 0 Å². The number of hydrogen-bond donors (Lipinski definition) is 1. The zero-order chi connectivity index (χ0) is 19.7. The number of carbonyl (C=O) groups is 1. The van der Waals surface area contributed by atoms with E-state index in [9.17, 15) is 13.6 Å². The Morgan fingerprint density at radius 3 is 2.21 bits per heavy atom. The quantitative estimate of drug-likeness (QED) is 0.507. The Hall–Kier alpha value is -3.67. The molecule has 0 radical (unpaired) electrons. The van der Waals surface area contributed by atoms with E-state index in [2.05, 4.69) is 5.32 Å². The Morgan fingerprint density at radius 2 is 1.57 bits per heavy atom. The SMILES string of the molecule is CNC(=O)c1c(-c2ccc(Oc3ccc(F)cc3)cc2)oc2cccc(F)c12. The fraction of sp³-hybridized carbons (Fsp3) is 0.0455. The van der Waals surface area contributed by atoms with Gasteiger partial charge in [0.15, 0.2) is 0 Å². The normalized spacial score (nSPS) is 10.8. The molecule has 0 atom stereocenters. The second-order valence-corrected chi connectivity index (χ2v) is 6.08. The molecule has 6 heteroatoms. The molecule has 4 nitrogen and oxygen atoms in total. The summed E-state index contributed by atoms with van der Waals surface area (Å²) in [4.78, 5) is 12.4. The first-order valence-electron chi connectivity index (χ1n) is 8.54. The van der Waals surface area contributed by atoms with Crippen LogP contribution < -0.4 is 10.1 Å². The molecule has 0 bridgehead atoms. The molecule has 1 aromatic heterocycles. The summed E-state index contributed by atoms with van der Waals surface area (Å²) in [6, 6.07) is 16.9. The summed E-state index contributed by atoms with van der Waals surface area (Å²) in [5, 5.41) is 2.67. The average Bonchev–Trinajstić information content (AvgIpc) is 3.11. The van der Waals surface area contributed by atoms with Crippen LogP contribution in [0.1, 0.15) is 10.4 Å². The molecule has 0 fully saturated rings.